The highest BCUT2D eigenvalue weighted by molar-refractivity contribution is 7.80. The molecule has 4 nitrogen and oxygen atoms in total. The van der Waals surface area contributed by atoms with Crippen LogP contribution in [0.4, 0.5) is 15.8 Å². The number of likely N-dealkylation sites (N-methyl/N-ethyl adjacent to an activating group) is 1. The molecule has 6 heteroatoms. The number of para-hydroxylation sites is 1. The number of rotatable bonds is 3. The number of nitrogens with one attached hydrogen (secondary N) is 2. The van der Waals surface area contributed by atoms with Gasteiger partial charge in [-0.05, 0) is 54.2 Å². The van der Waals surface area contributed by atoms with E-state index < -0.39 is 0 Å². The third kappa shape index (κ3) is 3.60. The van der Waals surface area contributed by atoms with Gasteiger partial charge >= 0.3 is 0 Å². The van der Waals surface area contributed by atoms with Gasteiger partial charge in [0.2, 0.25) is 0 Å². The third-order valence-corrected chi connectivity index (χ3v) is 4.71. The number of hydrazone groups is 1. The second-order valence-corrected chi connectivity index (χ2v) is 7.01. The van der Waals surface area contributed by atoms with Crippen molar-refractivity contribution in [1.82, 2.24) is 5.43 Å². The monoisotopic (exact) mass is 368 g/mol. The highest BCUT2D eigenvalue weighted by Gasteiger charge is 2.37. The molecule has 0 aromatic heterocycles. The Morgan fingerprint density at radius 3 is 2.54 bits per heavy atom. The summed E-state index contributed by atoms with van der Waals surface area (Å²) in [6.07, 6.45) is 3.67. The van der Waals surface area contributed by atoms with Crippen molar-refractivity contribution in [2.75, 3.05) is 17.3 Å². The molecule has 0 amide bonds. The highest BCUT2D eigenvalue weighted by atomic mass is 32.1. The second-order valence-electron chi connectivity index (χ2n) is 6.60. The Hall–Kier alpha value is -2.73. The Morgan fingerprint density at radius 1 is 1.15 bits per heavy atom. The Bertz CT molecular complexity index is 872. The first-order valence-electron chi connectivity index (χ1n) is 8.29. The standard InChI is InChI=1S/C20H21FN4S/c1-20(2)16-6-4-5-7-17(16)25(3)18(20)12-13-22-24-19(26)23-15-10-8-14(21)9-11-15/h4-13H,1-3H3,(H2,23,24,26)/b18-12+,22-13+. The van der Waals surface area contributed by atoms with Crippen molar-refractivity contribution in [2.24, 2.45) is 5.10 Å². The molecule has 2 N–H and O–H groups in total. The van der Waals surface area contributed by atoms with Crippen molar-refractivity contribution in [3.05, 3.63) is 71.7 Å². The van der Waals surface area contributed by atoms with Crippen molar-refractivity contribution < 1.29 is 4.39 Å². The zero-order chi connectivity index (χ0) is 18.7. The molecule has 0 aliphatic carbocycles. The number of fused-ring (bicyclic) bond motifs is 1. The molecule has 1 aliphatic rings. The van der Waals surface area contributed by atoms with Gasteiger partial charge in [-0.3, -0.25) is 5.43 Å². The molecule has 0 bridgehead atoms. The first-order valence-corrected chi connectivity index (χ1v) is 8.70. The topological polar surface area (TPSA) is 39.7 Å². The van der Waals surface area contributed by atoms with E-state index in [1.54, 1.807) is 18.3 Å². The minimum Gasteiger partial charge on any atom is -0.347 e. The van der Waals surface area contributed by atoms with Gasteiger partial charge in [-0.2, -0.15) is 5.10 Å². The minimum atomic E-state index is -0.289. The zero-order valence-corrected chi connectivity index (χ0v) is 15.8. The Kier molecular flexibility index (Phi) is 5.04. The molecule has 0 radical (unpaired) electrons. The van der Waals surface area contributed by atoms with Crippen LogP contribution in [0.2, 0.25) is 0 Å². The Labute approximate surface area is 158 Å². The van der Waals surface area contributed by atoms with E-state index in [0.717, 1.165) is 5.70 Å². The fourth-order valence-electron chi connectivity index (χ4n) is 3.20. The number of hydrogen-bond acceptors (Lipinski definition) is 3. The SMILES string of the molecule is CN1/C(=C/C=N/NC(=S)Nc2ccc(F)cc2)C(C)(C)c2ccccc21. The van der Waals surface area contributed by atoms with Crippen molar-refractivity contribution in [1.29, 1.82) is 0 Å². The third-order valence-electron chi connectivity index (χ3n) is 4.52. The lowest BCUT2D eigenvalue weighted by atomic mass is 9.84. The van der Waals surface area contributed by atoms with E-state index in [4.69, 9.17) is 12.2 Å². The minimum absolute atomic E-state index is 0.0930. The number of benzene rings is 2. The van der Waals surface area contributed by atoms with E-state index in [0.29, 0.717) is 10.8 Å². The maximum absolute atomic E-state index is 12.9. The number of anilines is 2. The van der Waals surface area contributed by atoms with Crippen LogP contribution in [-0.4, -0.2) is 18.4 Å². The van der Waals surface area contributed by atoms with Gasteiger partial charge in [0.15, 0.2) is 5.11 Å². The van der Waals surface area contributed by atoms with Crippen molar-refractivity contribution in [3.8, 4) is 0 Å². The predicted molar refractivity (Wildman–Crippen MR) is 110 cm³/mol. The van der Waals surface area contributed by atoms with Crippen molar-refractivity contribution >= 4 is 34.9 Å². The number of nitrogens with zero attached hydrogens (tertiary/aromatic N) is 2. The molecule has 0 spiro atoms. The van der Waals surface area contributed by atoms with E-state index >= 15 is 0 Å². The molecule has 2 aromatic carbocycles. The van der Waals surface area contributed by atoms with E-state index in [-0.39, 0.29) is 11.2 Å². The van der Waals surface area contributed by atoms with Gasteiger partial charge in [0.05, 0.1) is 0 Å². The fourth-order valence-corrected chi connectivity index (χ4v) is 3.37. The lowest BCUT2D eigenvalue weighted by Crippen LogP contribution is -2.24. The highest BCUT2D eigenvalue weighted by Crippen LogP contribution is 2.46. The molecule has 0 saturated heterocycles. The average Bonchev–Trinajstić information content (AvgIpc) is 2.81. The zero-order valence-electron chi connectivity index (χ0n) is 15.0. The second kappa shape index (κ2) is 7.25. The smallest absolute Gasteiger partial charge is 0.191 e. The van der Waals surface area contributed by atoms with Gasteiger partial charge in [-0.25, -0.2) is 4.39 Å². The molecule has 0 saturated carbocycles. The normalized spacial score (nSPS) is 16.8. The molecule has 0 atom stereocenters. The maximum atomic E-state index is 12.9. The lowest BCUT2D eigenvalue weighted by Gasteiger charge is -2.23. The Balaban J connectivity index is 1.64. The summed E-state index contributed by atoms with van der Waals surface area (Å²) in [5, 5.41) is 7.44. The quantitative estimate of drug-likeness (QED) is 0.478. The molecule has 0 fully saturated rings. The van der Waals surface area contributed by atoms with Gasteiger partial charge in [0.1, 0.15) is 5.82 Å². The van der Waals surface area contributed by atoms with Crippen LogP contribution in [0.25, 0.3) is 0 Å². The summed E-state index contributed by atoms with van der Waals surface area (Å²) >= 11 is 5.18. The van der Waals surface area contributed by atoms with Crippen molar-refractivity contribution in [2.45, 2.75) is 19.3 Å². The molecule has 3 rings (SSSR count). The van der Waals surface area contributed by atoms with Crippen LogP contribution in [-0.2, 0) is 5.41 Å². The summed E-state index contributed by atoms with van der Waals surface area (Å²) in [5.41, 5.74) is 7.03. The summed E-state index contributed by atoms with van der Waals surface area (Å²) < 4.78 is 12.9. The lowest BCUT2D eigenvalue weighted by molar-refractivity contribution is 0.628. The van der Waals surface area contributed by atoms with Crippen LogP contribution in [0.1, 0.15) is 19.4 Å². The summed E-state index contributed by atoms with van der Waals surface area (Å²) in [6.45, 7) is 4.40. The number of halogens is 1. The summed E-state index contributed by atoms with van der Waals surface area (Å²) in [5.74, 6) is -0.289. The van der Waals surface area contributed by atoms with Gasteiger partial charge < -0.3 is 10.2 Å². The number of thiocarbonyl (C=S) groups is 1. The molecule has 0 unspecified atom stereocenters. The van der Waals surface area contributed by atoms with Crippen LogP contribution in [0, 0.1) is 5.82 Å². The van der Waals surface area contributed by atoms with E-state index in [2.05, 4.69) is 59.8 Å². The van der Waals surface area contributed by atoms with E-state index in [1.165, 1.54) is 23.4 Å². The molecular weight excluding hydrogens is 347 g/mol. The van der Waals surface area contributed by atoms with Crippen LogP contribution < -0.4 is 15.6 Å². The first kappa shape index (κ1) is 18.1. The summed E-state index contributed by atoms with van der Waals surface area (Å²) in [7, 11) is 2.06. The number of hydrogen-bond donors (Lipinski definition) is 2. The van der Waals surface area contributed by atoms with Crippen molar-refractivity contribution in [3.63, 3.8) is 0 Å². The first-order chi connectivity index (χ1) is 12.4. The molecule has 1 heterocycles. The Morgan fingerprint density at radius 2 is 1.85 bits per heavy atom. The molecule has 26 heavy (non-hydrogen) atoms. The predicted octanol–water partition coefficient (Wildman–Crippen LogP) is 4.41. The van der Waals surface area contributed by atoms with Gasteiger partial charge in [0.25, 0.3) is 0 Å². The molecular formula is C20H21FN4S. The van der Waals surface area contributed by atoms with Crippen LogP contribution >= 0.6 is 12.2 Å². The van der Waals surface area contributed by atoms with Crippen LogP contribution in [0.5, 0.6) is 0 Å². The summed E-state index contributed by atoms with van der Waals surface area (Å²) in [4.78, 5) is 2.18. The van der Waals surface area contributed by atoms with E-state index in [9.17, 15) is 4.39 Å². The largest absolute Gasteiger partial charge is 0.347 e. The van der Waals surface area contributed by atoms with Crippen LogP contribution in [0.3, 0.4) is 0 Å². The molecule has 2 aromatic rings. The molecule has 134 valence electrons. The maximum Gasteiger partial charge on any atom is 0.191 e. The fraction of sp³-hybridized carbons (Fsp3) is 0.200. The number of allylic oxidation sites excluding steroid dienone is 2. The average molecular weight is 368 g/mol. The van der Waals surface area contributed by atoms with Crippen LogP contribution in [0.15, 0.2) is 65.4 Å². The van der Waals surface area contributed by atoms with Gasteiger partial charge in [0, 0.05) is 35.7 Å². The van der Waals surface area contributed by atoms with Gasteiger partial charge in [-0.15, -0.1) is 0 Å². The van der Waals surface area contributed by atoms with Gasteiger partial charge in [-0.1, -0.05) is 32.0 Å². The summed E-state index contributed by atoms with van der Waals surface area (Å²) in [6, 6.07) is 14.3. The van der Waals surface area contributed by atoms with E-state index in [1.807, 2.05) is 12.1 Å². The molecule has 1 aliphatic heterocycles.